The Bertz CT molecular complexity index is 954. The number of hydroxylamine groups is 2. The highest BCUT2D eigenvalue weighted by atomic mass is 16.7. The van der Waals surface area contributed by atoms with E-state index >= 15 is 0 Å². The number of ether oxygens (including phenoxy) is 1. The SMILES string of the molecule is O=C(c1ccccc1)N1OC[C@H]2COc3ccc4ccccc4c3[C@@H]21. The molecule has 3 aromatic rings. The quantitative estimate of drug-likeness (QED) is 0.677. The van der Waals surface area contributed by atoms with Crippen LogP contribution in [0.1, 0.15) is 22.0 Å². The second-order valence-corrected chi connectivity index (χ2v) is 6.51. The maximum absolute atomic E-state index is 13.0. The van der Waals surface area contributed by atoms with Crippen molar-refractivity contribution in [3.05, 3.63) is 77.9 Å². The van der Waals surface area contributed by atoms with Gasteiger partial charge in [0.15, 0.2) is 0 Å². The van der Waals surface area contributed by atoms with Gasteiger partial charge >= 0.3 is 0 Å². The van der Waals surface area contributed by atoms with Crippen LogP contribution in [0.15, 0.2) is 66.7 Å². The third-order valence-corrected chi connectivity index (χ3v) is 5.03. The molecule has 2 atom stereocenters. The summed E-state index contributed by atoms with van der Waals surface area (Å²) >= 11 is 0. The fourth-order valence-corrected chi connectivity index (χ4v) is 3.83. The topological polar surface area (TPSA) is 38.8 Å². The van der Waals surface area contributed by atoms with Gasteiger partial charge in [-0.2, -0.15) is 0 Å². The molecule has 0 radical (unpaired) electrons. The number of fused-ring (bicyclic) bond motifs is 5. The Morgan fingerprint density at radius 2 is 1.72 bits per heavy atom. The van der Waals surface area contributed by atoms with E-state index in [0.29, 0.717) is 18.8 Å². The summed E-state index contributed by atoms with van der Waals surface area (Å²) in [5.41, 5.74) is 1.69. The number of carbonyl (C=O) groups excluding carboxylic acids is 1. The summed E-state index contributed by atoms with van der Waals surface area (Å²) in [6.07, 6.45) is 0. The average Bonchev–Trinajstić information content (AvgIpc) is 3.12. The fourth-order valence-electron chi connectivity index (χ4n) is 3.83. The molecule has 25 heavy (non-hydrogen) atoms. The zero-order valence-electron chi connectivity index (χ0n) is 13.6. The third kappa shape index (κ3) is 2.22. The Balaban J connectivity index is 1.65. The van der Waals surface area contributed by atoms with Crippen molar-refractivity contribution >= 4 is 16.7 Å². The second-order valence-electron chi connectivity index (χ2n) is 6.51. The standard InChI is InChI=1S/C21H17NO3/c23-21(15-7-2-1-3-8-15)22-20-16(13-25-22)12-24-18-11-10-14-6-4-5-9-17(14)19(18)20/h1-11,16,20H,12-13H2/t16-,20-/m1/s1. The molecular weight excluding hydrogens is 314 g/mol. The van der Waals surface area contributed by atoms with Crippen molar-refractivity contribution < 1.29 is 14.4 Å². The van der Waals surface area contributed by atoms with Crippen LogP contribution >= 0.6 is 0 Å². The molecule has 0 saturated carbocycles. The smallest absolute Gasteiger partial charge is 0.278 e. The first-order valence-electron chi connectivity index (χ1n) is 8.49. The lowest BCUT2D eigenvalue weighted by Gasteiger charge is -2.32. The monoisotopic (exact) mass is 331 g/mol. The van der Waals surface area contributed by atoms with E-state index in [1.165, 1.54) is 0 Å². The lowest BCUT2D eigenvalue weighted by Crippen LogP contribution is -2.35. The van der Waals surface area contributed by atoms with E-state index in [4.69, 9.17) is 9.57 Å². The molecule has 4 nitrogen and oxygen atoms in total. The average molecular weight is 331 g/mol. The van der Waals surface area contributed by atoms with Gasteiger partial charge in [0, 0.05) is 17.0 Å². The molecular formula is C21H17NO3. The predicted molar refractivity (Wildman–Crippen MR) is 94.2 cm³/mol. The van der Waals surface area contributed by atoms with Crippen molar-refractivity contribution in [1.29, 1.82) is 0 Å². The zero-order chi connectivity index (χ0) is 16.8. The van der Waals surface area contributed by atoms with Crippen LogP contribution in [0.2, 0.25) is 0 Å². The van der Waals surface area contributed by atoms with Crippen LogP contribution in [0, 0.1) is 5.92 Å². The minimum absolute atomic E-state index is 0.103. The van der Waals surface area contributed by atoms with Gasteiger partial charge in [0.2, 0.25) is 0 Å². The van der Waals surface area contributed by atoms with Crippen molar-refractivity contribution in [2.24, 2.45) is 5.92 Å². The number of carbonyl (C=O) groups is 1. The highest BCUT2D eigenvalue weighted by Crippen LogP contribution is 2.47. The molecule has 0 bridgehead atoms. The normalized spacial score (nSPS) is 21.5. The van der Waals surface area contributed by atoms with E-state index in [2.05, 4.69) is 18.2 Å². The molecule has 3 aromatic carbocycles. The third-order valence-electron chi connectivity index (χ3n) is 5.03. The van der Waals surface area contributed by atoms with Crippen molar-refractivity contribution in [3.63, 3.8) is 0 Å². The summed E-state index contributed by atoms with van der Waals surface area (Å²) in [4.78, 5) is 18.8. The Morgan fingerprint density at radius 3 is 2.60 bits per heavy atom. The van der Waals surface area contributed by atoms with Crippen molar-refractivity contribution in [3.8, 4) is 5.75 Å². The van der Waals surface area contributed by atoms with E-state index < -0.39 is 0 Å². The maximum Gasteiger partial charge on any atom is 0.278 e. The van der Waals surface area contributed by atoms with E-state index in [1.54, 1.807) is 5.06 Å². The molecule has 0 spiro atoms. The van der Waals surface area contributed by atoms with Gasteiger partial charge in [-0.05, 0) is 29.0 Å². The van der Waals surface area contributed by atoms with Gasteiger partial charge < -0.3 is 4.74 Å². The molecule has 0 unspecified atom stereocenters. The van der Waals surface area contributed by atoms with Gasteiger partial charge in [0.1, 0.15) is 5.75 Å². The Kier molecular flexibility index (Phi) is 3.25. The number of nitrogens with zero attached hydrogens (tertiary/aromatic N) is 1. The molecule has 2 aliphatic heterocycles. The minimum atomic E-state index is -0.123. The molecule has 0 aromatic heterocycles. The molecule has 124 valence electrons. The Labute approximate surface area is 145 Å². The zero-order valence-corrected chi connectivity index (χ0v) is 13.6. The van der Waals surface area contributed by atoms with Gasteiger partial charge in [0.25, 0.3) is 5.91 Å². The van der Waals surface area contributed by atoms with E-state index in [0.717, 1.165) is 22.1 Å². The Morgan fingerprint density at radius 1 is 0.920 bits per heavy atom. The lowest BCUT2D eigenvalue weighted by atomic mass is 9.88. The highest BCUT2D eigenvalue weighted by Gasteiger charge is 2.45. The first-order valence-corrected chi connectivity index (χ1v) is 8.49. The summed E-state index contributed by atoms with van der Waals surface area (Å²) in [5.74, 6) is 0.885. The van der Waals surface area contributed by atoms with Crippen LogP contribution in [0.25, 0.3) is 10.8 Å². The van der Waals surface area contributed by atoms with Crippen LogP contribution in [0.3, 0.4) is 0 Å². The molecule has 2 heterocycles. The van der Waals surface area contributed by atoms with E-state index in [1.807, 2.05) is 48.5 Å². The van der Waals surface area contributed by atoms with E-state index in [-0.39, 0.29) is 17.9 Å². The van der Waals surface area contributed by atoms with Crippen LogP contribution in [-0.4, -0.2) is 24.2 Å². The van der Waals surface area contributed by atoms with Gasteiger partial charge in [-0.15, -0.1) is 0 Å². The molecule has 0 aliphatic carbocycles. The van der Waals surface area contributed by atoms with Crippen LogP contribution in [0.4, 0.5) is 0 Å². The van der Waals surface area contributed by atoms with Gasteiger partial charge in [-0.25, -0.2) is 5.06 Å². The molecule has 1 saturated heterocycles. The molecule has 2 aliphatic rings. The predicted octanol–water partition coefficient (Wildman–Crippen LogP) is 3.98. The van der Waals surface area contributed by atoms with Crippen molar-refractivity contribution in [2.45, 2.75) is 6.04 Å². The summed E-state index contributed by atoms with van der Waals surface area (Å²) in [7, 11) is 0. The molecule has 0 N–H and O–H groups in total. The summed E-state index contributed by atoms with van der Waals surface area (Å²) in [6.45, 7) is 1.06. The molecule has 5 rings (SSSR count). The first-order chi connectivity index (χ1) is 12.3. The van der Waals surface area contributed by atoms with Crippen LogP contribution in [0.5, 0.6) is 5.75 Å². The highest BCUT2D eigenvalue weighted by molar-refractivity contribution is 5.95. The lowest BCUT2D eigenvalue weighted by molar-refractivity contribution is -0.0965. The Hall–Kier alpha value is -2.85. The van der Waals surface area contributed by atoms with Crippen molar-refractivity contribution in [2.75, 3.05) is 13.2 Å². The summed E-state index contributed by atoms with van der Waals surface area (Å²) < 4.78 is 5.96. The number of benzene rings is 3. The first kappa shape index (κ1) is 14.5. The van der Waals surface area contributed by atoms with Gasteiger partial charge in [-0.1, -0.05) is 48.5 Å². The van der Waals surface area contributed by atoms with Crippen LogP contribution in [-0.2, 0) is 4.84 Å². The van der Waals surface area contributed by atoms with Gasteiger partial charge in [0.05, 0.1) is 19.3 Å². The number of rotatable bonds is 1. The molecule has 1 amide bonds. The molecule has 4 heteroatoms. The second kappa shape index (κ2) is 5.60. The molecule has 1 fully saturated rings. The van der Waals surface area contributed by atoms with E-state index in [9.17, 15) is 4.79 Å². The number of amides is 1. The fraction of sp³-hybridized carbons (Fsp3) is 0.190. The minimum Gasteiger partial charge on any atom is -0.493 e. The van der Waals surface area contributed by atoms with Gasteiger partial charge in [-0.3, -0.25) is 9.63 Å². The maximum atomic E-state index is 13.0. The summed E-state index contributed by atoms with van der Waals surface area (Å²) in [5, 5.41) is 3.81. The number of hydrogen-bond donors (Lipinski definition) is 0. The number of hydrogen-bond acceptors (Lipinski definition) is 3. The van der Waals surface area contributed by atoms with Crippen molar-refractivity contribution in [1.82, 2.24) is 5.06 Å². The largest absolute Gasteiger partial charge is 0.493 e. The van der Waals surface area contributed by atoms with Crippen LogP contribution < -0.4 is 4.74 Å². The summed E-state index contributed by atoms with van der Waals surface area (Å²) in [6, 6.07) is 21.4.